The van der Waals surface area contributed by atoms with Crippen molar-refractivity contribution in [3.05, 3.63) is 97.4 Å². The molecule has 32 heavy (non-hydrogen) atoms. The largest absolute Gasteiger partial charge is 0.420 e. The minimum absolute atomic E-state index is 0.00648. The van der Waals surface area contributed by atoms with Crippen LogP contribution in [0.15, 0.2) is 80.4 Å². The van der Waals surface area contributed by atoms with Gasteiger partial charge in [-0.25, -0.2) is 18.8 Å². The topological polar surface area (TPSA) is 96.0 Å². The first-order valence-electron chi connectivity index (χ1n) is 8.96. The molecule has 0 N–H and O–H groups in total. The summed E-state index contributed by atoms with van der Waals surface area (Å²) in [4.78, 5) is 46.5. The maximum Gasteiger partial charge on any atom is 0.335 e. The standard InChI is InChI=1S/C24H17FO7/c1-4-22(27)30-19-12-9-16(14-17(19)25)18(26)10-7-15-8-11-20(31-23(28)5-2)21(13-15)32-24(29)6-3/h4-14H,1-3H2/b10-7+. The fourth-order valence-electron chi connectivity index (χ4n) is 2.25. The smallest absolute Gasteiger partial charge is 0.335 e. The summed E-state index contributed by atoms with van der Waals surface area (Å²) in [7, 11) is 0. The number of ether oxygens (including phenoxy) is 3. The predicted octanol–water partition coefficient (Wildman–Crippen LogP) is 4.00. The lowest BCUT2D eigenvalue weighted by atomic mass is 10.1. The first kappa shape index (κ1) is 23.7. The van der Waals surface area contributed by atoms with Crippen LogP contribution in [0.25, 0.3) is 6.08 Å². The SMILES string of the molecule is C=CC(=O)Oc1ccc(C(=O)/C=C/c2ccc(OC(=O)C=C)c(OC(=O)C=C)c2)cc1F. The number of esters is 3. The van der Waals surface area contributed by atoms with Gasteiger partial charge in [0.1, 0.15) is 0 Å². The van der Waals surface area contributed by atoms with Crippen molar-refractivity contribution in [2.45, 2.75) is 0 Å². The summed E-state index contributed by atoms with van der Waals surface area (Å²) in [5.41, 5.74) is 0.424. The van der Waals surface area contributed by atoms with Crippen molar-refractivity contribution in [1.82, 2.24) is 0 Å². The van der Waals surface area contributed by atoms with Crippen molar-refractivity contribution >= 4 is 29.8 Å². The Kier molecular flexibility index (Phi) is 8.13. The van der Waals surface area contributed by atoms with Gasteiger partial charge in [-0.3, -0.25) is 4.79 Å². The summed E-state index contributed by atoms with van der Waals surface area (Å²) in [5, 5.41) is 0. The first-order chi connectivity index (χ1) is 15.3. The molecule has 0 spiro atoms. The maximum absolute atomic E-state index is 14.1. The van der Waals surface area contributed by atoms with E-state index >= 15 is 0 Å². The first-order valence-corrected chi connectivity index (χ1v) is 8.96. The number of rotatable bonds is 9. The molecular weight excluding hydrogens is 419 g/mol. The normalized spacial score (nSPS) is 10.2. The van der Waals surface area contributed by atoms with Gasteiger partial charge in [0, 0.05) is 23.8 Å². The second-order valence-corrected chi connectivity index (χ2v) is 5.92. The summed E-state index contributed by atoms with van der Waals surface area (Å²) >= 11 is 0. The second kappa shape index (κ2) is 11.0. The van der Waals surface area contributed by atoms with Crippen molar-refractivity contribution in [3.63, 3.8) is 0 Å². The van der Waals surface area contributed by atoms with Crippen LogP contribution in [0.4, 0.5) is 4.39 Å². The zero-order valence-electron chi connectivity index (χ0n) is 16.7. The number of halogens is 1. The third-order valence-electron chi connectivity index (χ3n) is 3.74. The van der Waals surface area contributed by atoms with E-state index in [2.05, 4.69) is 19.7 Å². The molecule has 0 aromatic heterocycles. The number of ketones is 1. The van der Waals surface area contributed by atoms with Gasteiger partial charge < -0.3 is 14.2 Å². The summed E-state index contributed by atoms with van der Waals surface area (Å²) < 4.78 is 28.8. The molecule has 0 heterocycles. The van der Waals surface area contributed by atoms with Crippen molar-refractivity contribution in [2.24, 2.45) is 0 Å². The van der Waals surface area contributed by atoms with E-state index in [9.17, 15) is 23.6 Å². The van der Waals surface area contributed by atoms with Crippen LogP contribution >= 0.6 is 0 Å². The number of carbonyl (C=O) groups excluding carboxylic acids is 4. The molecule has 0 aliphatic heterocycles. The van der Waals surface area contributed by atoms with E-state index in [4.69, 9.17) is 14.2 Å². The Balaban J connectivity index is 2.25. The lowest BCUT2D eigenvalue weighted by Crippen LogP contribution is -2.08. The van der Waals surface area contributed by atoms with Crippen LogP contribution in [0, 0.1) is 5.82 Å². The fraction of sp³-hybridized carbons (Fsp3) is 0. The van der Waals surface area contributed by atoms with Gasteiger partial charge in [0.2, 0.25) is 0 Å². The van der Waals surface area contributed by atoms with E-state index in [1.165, 1.54) is 30.3 Å². The molecule has 2 aromatic carbocycles. The monoisotopic (exact) mass is 436 g/mol. The molecule has 0 radical (unpaired) electrons. The van der Waals surface area contributed by atoms with Gasteiger partial charge in [-0.2, -0.15) is 0 Å². The highest BCUT2D eigenvalue weighted by molar-refractivity contribution is 6.07. The molecule has 8 heteroatoms. The average molecular weight is 436 g/mol. The van der Waals surface area contributed by atoms with Crippen LogP contribution in [0.1, 0.15) is 15.9 Å². The Morgan fingerprint density at radius 3 is 1.81 bits per heavy atom. The Morgan fingerprint density at radius 2 is 1.25 bits per heavy atom. The molecule has 0 saturated heterocycles. The highest BCUT2D eigenvalue weighted by Gasteiger charge is 2.13. The summed E-state index contributed by atoms with van der Waals surface area (Å²) in [6, 6.07) is 7.57. The molecule has 0 aliphatic rings. The summed E-state index contributed by atoms with van der Waals surface area (Å²) in [5.74, 6) is -4.29. The van der Waals surface area contributed by atoms with E-state index in [0.29, 0.717) is 5.56 Å². The zero-order chi connectivity index (χ0) is 23.7. The molecule has 0 bridgehead atoms. The van der Waals surface area contributed by atoms with Crippen molar-refractivity contribution in [1.29, 1.82) is 0 Å². The van der Waals surface area contributed by atoms with Crippen LogP contribution in [-0.4, -0.2) is 23.7 Å². The summed E-state index contributed by atoms with van der Waals surface area (Å²) in [6.45, 7) is 9.79. The van der Waals surface area contributed by atoms with E-state index in [1.807, 2.05) is 0 Å². The van der Waals surface area contributed by atoms with Crippen molar-refractivity contribution < 1.29 is 37.8 Å². The molecule has 0 saturated carbocycles. The Bertz CT molecular complexity index is 1150. The molecule has 2 rings (SSSR count). The predicted molar refractivity (Wildman–Crippen MR) is 114 cm³/mol. The fourth-order valence-corrected chi connectivity index (χ4v) is 2.25. The van der Waals surface area contributed by atoms with Crippen LogP contribution in [0.2, 0.25) is 0 Å². The third-order valence-corrected chi connectivity index (χ3v) is 3.74. The van der Waals surface area contributed by atoms with Gasteiger partial charge in [-0.05, 0) is 42.0 Å². The molecule has 162 valence electrons. The van der Waals surface area contributed by atoms with Crippen LogP contribution in [0.3, 0.4) is 0 Å². The molecule has 0 fully saturated rings. The Labute approximate surface area is 182 Å². The van der Waals surface area contributed by atoms with Gasteiger partial charge in [-0.1, -0.05) is 31.9 Å². The quantitative estimate of drug-likeness (QED) is 0.254. The summed E-state index contributed by atoms with van der Waals surface area (Å²) in [6.07, 6.45) is 5.29. The van der Waals surface area contributed by atoms with Gasteiger partial charge in [-0.15, -0.1) is 0 Å². The van der Waals surface area contributed by atoms with E-state index in [-0.39, 0.29) is 22.8 Å². The maximum atomic E-state index is 14.1. The van der Waals surface area contributed by atoms with Crippen LogP contribution in [0.5, 0.6) is 17.2 Å². The minimum Gasteiger partial charge on any atom is -0.420 e. The highest BCUT2D eigenvalue weighted by atomic mass is 19.1. The van der Waals surface area contributed by atoms with E-state index in [1.54, 1.807) is 0 Å². The molecule has 7 nitrogen and oxygen atoms in total. The number of allylic oxidation sites excluding steroid dienone is 1. The highest BCUT2D eigenvalue weighted by Crippen LogP contribution is 2.29. The van der Waals surface area contributed by atoms with Crippen LogP contribution < -0.4 is 14.2 Å². The van der Waals surface area contributed by atoms with Crippen molar-refractivity contribution in [3.8, 4) is 17.2 Å². The van der Waals surface area contributed by atoms with Gasteiger partial charge in [0.15, 0.2) is 28.8 Å². The molecule has 0 aliphatic carbocycles. The Hall–Kier alpha value is -4.59. The minimum atomic E-state index is -0.897. The number of benzene rings is 2. The van der Waals surface area contributed by atoms with E-state index in [0.717, 1.165) is 36.4 Å². The van der Waals surface area contributed by atoms with Crippen molar-refractivity contribution in [2.75, 3.05) is 0 Å². The molecule has 0 atom stereocenters. The molecule has 2 aromatic rings. The molecule has 0 amide bonds. The number of hydrogen-bond acceptors (Lipinski definition) is 7. The van der Waals surface area contributed by atoms with Gasteiger partial charge in [0.25, 0.3) is 0 Å². The second-order valence-electron chi connectivity index (χ2n) is 5.92. The lowest BCUT2D eigenvalue weighted by molar-refractivity contribution is -0.131. The van der Waals surface area contributed by atoms with E-state index < -0.39 is 29.5 Å². The van der Waals surface area contributed by atoms with Crippen LogP contribution in [-0.2, 0) is 14.4 Å². The van der Waals surface area contributed by atoms with Gasteiger partial charge >= 0.3 is 17.9 Å². The molecule has 0 unspecified atom stereocenters. The molecular formula is C24H17FO7. The number of hydrogen-bond donors (Lipinski definition) is 0. The lowest BCUT2D eigenvalue weighted by Gasteiger charge is -2.09. The van der Waals surface area contributed by atoms with Gasteiger partial charge in [0.05, 0.1) is 0 Å². The Morgan fingerprint density at radius 1 is 0.719 bits per heavy atom. The third kappa shape index (κ3) is 6.46. The average Bonchev–Trinajstić information content (AvgIpc) is 2.79. The zero-order valence-corrected chi connectivity index (χ0v) is 16.7. The number of carbonyl (C=O) groups is 4.